The molecule has 6 bridgehead atoms. The second kappa shape index (κ2) is 14.3. The minimum absolute atomic E-state index is 0.000504. The molecule has 0 radical (unpaired) electrons. The van der Waals surface area contributed by atoms with Crippen LogP contribution >= 0.6 is 0 Å². The smallest absolute Gasteiger partial charge is 0.262 e. The van der Waals surface area contributed by atoms with Gasteiger partial charge in [-0.1, -0.05) is 20.8 Å². The molecule has 0 fully saturated rings. The Kier molecular flexibility index (Phi) is 10.5. The van der Waals surface area contributed by atoms with Crippen LogP contribution in [0.3, 0.4) is 0 Å². The Morgan fingerprint density at radius 2 is 0.848 bits per heavy atom. The van der Waals surface area contributed by atoms with Crippen LogP contribution in [0, 0.1) is 0 Å². The molecular weight excluding hydrogens is 594 g/mol. The highest BCUT2D eigenvalue weighted by Gasteiger charge is 2.18. The van der Waals surface area contributed by atoms with Crippen molar-refractivity contribution < 1.29 is 29.2 Å². The fraction of sp³-hybridized carbons (Fsp3) is 0.382. The lowest BCUT2D eigenvalue weighted by atomic mass is 10.1. The molecule has 0 aliphatic carbocycles. The Hall–Kier alpha value is -5.13. The van der Waals surface area contributed by atoms with E-state index in [0.29, 0.717) is 30.3 Å². The first-order chi connectivity index (χ1) is 22.1. The summed E-state index contributed by atoms with van der Waals surface area (Å²) in [5.74, 6) is -0.0594. The van der Waals surface area contributed by atoms with Crippen molar-refractivity contribution in [2.75, 3.05) is 28.4 Å². The number of rotatable bonds is 10. The number of hydrogen-bond acceptors (Lipinski definition) is 9. The van der Waals surface area contributed by atoms with Gasteiger partial charge in [-0.05, 0) is 37.5 Å². The maximum atomic E-state index is 14.4. The number of methoxy groups -OCH3 is 4. The van der Waals surface area contributed by atoms with Gasteiger partial charge in [0.2, 0.25) is 0 Å². The molecule has 0 unspecified atom stereocenters. The van der Waals surface area contributed by atoms with Crippen molar-refractivity contribution in [1.82, 2.24) is 13.7 Å². The molecule has 7 rings (SSSR count). The summed E-state index contributed by atoms with van der Waals surface area (Å²) in [6.45, 7) is 6.31. The molecule has 0 aliphatic heterocycles. The standard InChI is InChI=1S/C34H41N3O9/c1-8-11-35-23-17-26(38)20(14-27(23)39)32(40)36(12-9-2)24-18-29(44-5)22(16-30(24)45-6)34(42)37(13-10-3)25-19-28(43-4)21(33(35)41)15-31(25)46-7/h14-19,38-39H,8-13H2,1-7H3. The normalized spacial score (nSPS) is 11.0. The van der Waals surface area contributed by atoms with E-state index in [9.17, 15) is 24.6 Å². The van der Waals surface area contributed by atoms with Crippen molar-refractivity contribution in [2.45, 2.75) is 59.7 Å². The highest BCUT2D eigenvalue weighted by Crippen LogP contribution is 2.32. The van der Waals surface area contributed by atoms with Crippen molar-refractivity contribution in [3.8, 4) is 34.5 Å². The van der Waals surface area contributed by atoms with Gasteiger partial charge in [0.25, 0.3) is 16.7 Å². The fourth-order valence-corrected chi connectivity index (χ4v) is 5.57. The van der Waals surface area contributed by atoms with Crippen molar-refractivity contribution >= 4 is 32.7 Å². The summed E-state index contributed by atoms with van der Waals surface area (Å²) in [6.07, 6.45) is 1.62. The van der Waals surface area contributed by atoms with Crippen LogP contribution in [0.15, 0.2) is 50.8 Å². The Labute approximate surface area is 265 Å². The molecule has 46 heavy (non-hydrogen) atoms. The van der Waals surface area contributed by atoms with E-state index in [1.807, 2.05) is 20.8 Å². The molecule has 0 spiro atoms. The zero-order chi connectivity index (χ0) is 33.7. The summed E-state index contributed by atoms with van der Waals surface area (Å²) in [5.41, 5.74) is -0.989. The van der Waals surface area contributed by atoms with Crippen molar-refractivity contribution in [3.63, 3.8) is 0 Å². The zero-order valence-corrected chi connectivity index (χ0v) is 27.3. The average Bonchev–Trinajstić information content (AvgIpc) is 3.07. The van der Waals surface area contributed by atoms with Gasteiger partial charge in [-0.3, -0.25) is 14.4 Å². The van der Waals surface area contributed by atoms with Gasteiger partial charge < -0.3 is 42.9 Å². The average molecular weight is 636 g/mol. The maximum Gasteiger partial charge on any atom is 0.262 e. The third-order valence-electron chi connectivity index (χ3n) is 7.74. The molecule has 0 saturated heterocycles. The lowest BCUT2D eigenvalue weighted by Crippen LogP contribution is -2.22. The predicted molar refractivity (Wildman–Crippen MR) is 179 cm³/mol. The van der Waals surface area contributed by atoms with E-state index in [4.69, 9.17) is 18.9 Å². The summed E-state index contributed by atoms with van der Waals surface area (Å²) in [4.78, 5) is 42.6. The van der Waals surface area contributed by atoms with E-state index in [1.54, 1.807) is 12.1 Å². The SMILES string of the molecule is CCCn1c(=O)c2cc(OC)c(cc2OC)n(CCC)c(=O)c2cc(OC)c(cc2OC)n(CCC)c(=O)c2cc(O)c1cc2O. The lowest BCUT2D eigenvalue weighted by molar-refractivity contribution is 0.406. The number of benzene rings is 3. The van der Waals surface area contributed by atoms with Crippen LogP contribution in [0.1, 0.15) is 40.0 Å². The molecule has 4 heterocycles. The monoisotopic (exact) mass is 635 g/mol. The van der Waals surface area contributed by atoms with Gasteiger partial charge in [0.1, 0.15) is 34.5 Å². The third-order valence-corrected chi connectivity index (χ3v) is 7.74. The quantitative estimate of drug-likeness (QED) is 0.230. The molecule has 12 heteroatoms. The van der Waals surface area contributed by atoms with Crippen LogP contribution in [0.2, 0.25) is 0 Å². The van der Waals surface area contributed by atoms with Crippen molar-refractivity contribution in [3.05, 3.63) is 67.5 Å². The first-order valence-corrected chi connectivity index (χ1v) is 15.1. The number of nitrogens with zero attached hydrogens (tertiary/aromatic N) is 3. The van der Waals surface area contributed by atoms with Crippen LogP contribution in [0.25, 0.3) is 32.7 Å². The van der Waals surface area contributed by atoms with E-state index in [-0.39, 0.29) is 70.1 Å². The first kappa shape index (κ1) is 33.8. The van der Waals surface area contributed by atoms with E-state index < -0.39 is 22.4 Å². The number of ether oxygens (including phenoxy) is 4. The van der Waals surface area contributed by atoms with Crippen LogP contribution in [0.5, 0.6) is 34.5 Å². The number of aromatic hydroxyl groups is 2. The van der Waals surface area contributed by atoms with Crippen molar-refractivity contribution in [2.24, 2.45) is 0 Å². The van der Waals surface area contributed by atoms with Crippen LogP contribution in [0.4, 0.5) is 0 Å². The largest absolute Gasteiger partial charge is 0.507 e. The van der Waals surface area contributed by atoms with Gasteiger partial charge >= 0.3 is 0 Å². The molecule has 0 aliphatic rings. The molecule has 0 saturated carbocycles. The van der Waals surface area contributed by atoms with Crippen molar-refractivity contribution in [1.29, 1.82) is 0 Å². The van der Waals surface area contributed by atoms with Gasteiger partial charge in [-0.2, -0.15) is 0 Å². The number of aromatic nitrogens is 3. The number of fused-ring (bicyclic) bond motifs is 3. The van der Waals surface area contributed by atoms with E-state index in [0.717, 1.165) is 6.07 Å². The highest BCUT2D eigenvalue weighted by molar-refractivity contribution is 5.81. The minimum atomic E-state index is -0.635. The number of aryl methyl sites for hydroxylation is 3. The lowest BCUT2D eigenvalue weighted by Gasteiger charge is -2.15. The topological polar surface area (TPSA) is 143 Å². The molecule has 7 aromatic rings. The molecule has 246 valence electrons. The molecule has 2 N–H and O–H groups in total. The zero-order valence-electron chi connectivity index (χ0n) is 27.3. The Morgan fingerprint density at radius 1 is 0.478 bits per heavy atom. The fourth-order valence-electron chi connectivity index (χ4n) is 5.57. The van der Waals surface area contributed by atoms with Crippen LogP contribution in [-0.4, -0.2) is 52.4 Å². The number of phenolic OH excluding ortho intramolecular Hbond substituents is 2. The minimum Gasteiger partial charge on any atom is -0.507 e. The molecular formula is C34H41N3O9. The van der Waals surface area contributed by atoms with Crippen LogP contribution in [-0.2, 0) is 19.6 Å². The second-order valence-electron chi connectivity index (χ2n) is 10.7. The number of phenols is 2. The van der Waals surface area contributed by atoms with E-state index in [1.165, 1.54) is 60.3 Å². The number of hydrogen-bond donors (Lipinski definition) is 2. The molecule has 3 aromatic carbocycles. The Bertz CT molecular complexity index is 2080. The first-order valence-electron chi connectivity index (χ1n) is 15.1. The van der Waals surface area contributed by atoms with Gasteiger partial charge in [-0.15, -0.1) is 0 Å². The molecule has 12 nitrogen and oxygen atoms in total. The highest BCUT2D eigenvalue weighted by atomic mass is 16.5. The third kappa shape index (κ3) is 6.07. The van der Waals surface area contributed by atoms with Gasteiger partial charge in [0.05, 0.1) is 61.1 Å². The molecule has 0 amide bonds. The van der Waals surface area contributed by atoms with Gasteiger partial charge in [-0.25, -0.2) is 0 Å². The second-order valence-corrected chi connectivity index (χ2v) is 10.7. The van der Waals surface area contributed by atoms with Gasteiger partial charge in [0.15, 0.2) is 0 Å². The summed E-state index contributed by atoms with van der Waals surface area (Å²) in [6, 6.07) is 8.43. The molecule has 4 aromatic heterocycles. The van der Waals surface area contributed by atoms with E-state index >= 15 is 0 Å². The summed E-state index contributed by atoms with van der Waals surface area (Å²) >= 11 is 0. The Morgan fingerprint density at radius 3 is 1.22 bits per heavy atom. The van der Waals surface area contributed by atoms with Crippen LogP contribution < -0.4 is 35.6 Å². The summed E-state index contributed by atoms with van der Waals surface area (Å²) in [5, 5.41) is 22.5. The Balaban J connectivity index is 2.54. The van der Waals surface area contributed by atoms with E-state index in [2.05, 4.69) is 0 Å². The van der Waals surface area contributed by atoms with Gasteiger partial charge in [0, 0.05) is 37.8 Å². The summed E-state index contributed by atoms with van der Waals surface area (Å²) < 4.78 is 27.0. The maximum absolute atomic E-state index is 14.4. The predicted octanol–water partition coefficient (Wildman–Crippen LogP) is 4.99. The summed E-state index contributed by atoms with van der Waals surface area (Å²) in [7, 11) is 5.68. The molecule has 0 atom stereocenters.